The number of nitrogens with one attached hydrogen (secondary N) is 1. The second-order valence-corrected chi connectivity index (χ2v) is 4.62. The summed E-state index contributed by atoms with van der Waals surface area (Å²) in [4.78, 5) is 4.92. The van der Waals surface area contributed by atoms with Crippen molar-refractivity contribution in [3.63, 3.8) is 0 Å². The molecule has 0 aliphatic heterocycles. The molecule has 0 fully saturated rings. The molecule has 4 nitrogen and oxygen atoms in total. The fourth-order valence-corrected chi connectivity index (χ4v) is 1.38. The molecular formula is C11H18F3N3O. The zero-order chi connectivity index (χ0) is 13.8. The third kappa shape index (κ3) is 5.39. The molecular weight excluding hydrogens is 247 g/mol. The Hall–Kier alpha value is -1.24. The van der Waals surface area contributed by atoms with Crippen LogP contribution in [0.15, 0.2) is 10.7 Å². The molecule has 0 atom stereocenters. The van der Waals surface area contributed by atoms with Gasteiger partial charge >= 0.3 is 6.18 Å². The van der Waals surface area contributed by atoms with Gasteiger partial charge in [0, 0.05) is 13.6 Å². The van der Waals surface area contributed by atoms with Gasteiger partial charge in [0.2, 0.25) is 0 Å². The molecule has 1 N–H and O–H groups in total. The third-order valence-electron chi connectivity index (χ3n) is 2.14. The van der Waals surface area contributed by atoms with Crippen LogP contribution in [0.3, 0.4) is 0 Å². The molecule has 1 aromatic heterocycles. The fraction of sp³-hybridized carbons (Fsp3) is 0.727. The number of anilines is 1. The molecule has 1 heterocycles. The normalized spacial score (nSPS) is 12.2. The van der Waals surface area contributed by atoms with Crippen LogP contribution >= 0.6 is 0 Å². The van der Waals surface area contributed by atoms with Gasteiger partial charge in [-0.05, 0) is 12.5 Å². The molecule has 0 radical (unpaired) electrons. The van der Waals surface area contributed by atoms with Gasteiger partial charge in [-0.25, -0.2) is 0 Å². The molecule has 0 spiro atoms. The van der Waals surface area contributed by atoms with Gasteiger partial charge in [0.05, 0.1) is 5.69 Å². The van der Waals surface area contributed by atoms with Crippen LogP contribution in [0.2, 0.25) is 0 Å². The van der Waals surface area contributed by atoms with Crippen molar-refractivity contribution in [1.29, 1.82) is 0 Å². The SMILES string of the molecule is CC(C)CNCc1coc(N(C)CC(F)(F)F)n1. The van der Waals surface area contributed by atoms with Crippen molar-refractivity contribution < 1.29 is 17.6 Å². The molecule has 0 amide bonds. The topological polar surface area (TPSA) is 41.3 Å². The van der Waals surface area contributed by atoms with Crippen LogP contribution in [0.4, 0.5) is 19.2 Å². The van der Waals surface area contributed by atoms with Crippen molar-refractivity contribution in [1.82, 2.24) is 10.3 Å². The molecule has 1 aromatic rings. The molecule has 0 saturated carbocycles. The molecule has 1 rings (SSSR count). The fourth-order valence-electron chi connectivity index (χ4n) is 1.38. The van der Waals surface area contributed by atoms with Crippen molar-refractivity contribution >= 4 is 6.01 Å². The van der Waals surface area contributed by atoms with E-state index in [9.17, 15) is 13.2 Å². The highest BCUT2D eigenvalue weighted by Gasteiger charge is 2.30. The van der Waals surface area contributed by atoms with Crippen LogP contribution in [0.5, 0.6) is 0 Å². The molecule has 0 aromatic carbocycles. The van der Waals surface area contributed by atoms with Gasteiger partial charge < -0.3 is 14.6 Å². The minimum absolute atomic E-state index is 0.0197. The van der Waals surface area contributed by atoms with Crippen LogP contribution in [-0.4, -0.2) is 31.3 Å². The summed E-state index contributed by atoms with van der Waals surface area (Å²) < 4.78 is 41.5. The number of alkyl halides is 3. The van der Waals surface area contributed by atoms with Gasteiger partial charge in [-0.2, -0.15) is 18.2 Å². The average molecular weight is 265 g/mol. The van der Waals surface area contributed by atoms with Gasteiger partial charge in [-0.3, -0.25) is 0 Å². The van der Waals surface area contributed by atoms with Crippen molar-refractivity contribution in [3.8, 4) is 0 Å². The molecule has 104 valence electrons. The number of rotatable bonds is 6. The van der Waals surface area contributed by atoms with Gasteiger partial charge in [-0.15, -0.1) is 0 Å². The number of aromatic nitrogens is 1. The minimum atomic E-state index is -4.26. The predicted molar refractivity (Wildman–Crippen MR) is 62.4 cm³/mol. The predicted octanol–water partition coefficient (Wildman–Crippen LogP) is 2.42. The van der Waals surface area contributed by atoms with Crippen molar-refractivity contribution in [2.75, 3.05) is 25.0 Å². The number of nitrogens with zero attached hydrogens (tertiary/aromatic N) is 2. The Morgan fingerprint density at radius 1 is 1.44 bits per heavy atom. The average Bonchev–Trinajstić information content (AvgIpc) is 2.63. The lowest BCUT2D eigenvalue weighted by Gasteiger charge is -2.16. The summed E-state index contributed by atoms with van der Waals surface area (Å²) in [5, 5.41) is 3.14. The maximum Gasteiger partial charge on any atom is 0.406 e. The number of halogens is 3. The second kappa shape index (κ2) is 6.08. The molecule has 7 heteroatoms. The van der Waals surface area contributed by atoms with E-state index in [4.69, 9.17) is 4.42 Å². The standard InChI is InChI=1S/C11H18F3N3O/c1-8(2)4-15-5-9-6-18-10(16-9)17(3)7-11(12,13)14/h6,8,15H,4-5,7H2,1-3H3. The summed E-state index contributed by atoms with van der Waals surface area (Å²) in [5.74, 6) is 0.504. The largest absolute Gasteiger partial charge is 0.432 e. The minimum Gasteiger partial charge on any atom is -0.432 e. The van der Waals surface area contributed by atoms with Crippen LogP contribution in [0, 0.1) is 5.92 Å². The van der Waals surface area contributed by atoms with Gasteiger partial charge in [-0.1, -0.05) is 13.8 Å². The van der Waals surface area contributed by atoms with Crippen LogP contribution in [0.1, 0.15) is 19.5 Å². The zero-order valence-corrected chi connectivity index (χ0v) is 10.7. The van der Waals surface area contributed by atoms with Crippen LogP contribution in [0.25, 0.3) is 0 Å². The summed E-state index contributed by atoms with van der Waals surface area (Å²) in [5.41, 5.74) is 0.597. The highest BCUT2D eigenvalue weighted by Crippen LogP contribution is 2.20. The Bertz CT molecular complexity index is 363. The van der Waals surface area contributed by atoms with E-state index in [1.807, 2.05) is 0 Å². The van der Waals surface area contributed by atoms with E-state index in [-0.39, 0.29) is 6.01 Å². The Morgan fingerprint density at radius 3 is 2.67 bits per heavy atom. The number of hydrogen-bond donors (Lipinski definition) is 1. The molecule has 0 saturated heterocycles. The van der Waals surface area contributed by atoms with E-state index >= 15 is 0 Å². The lowest BCUT2D eigenvalue weighted by atomic mass is 10.2. The quantitative estimate of drug-likeness (QED) is 0.857. The lowest BCUT2D eigenvalue weighted by molar-refractivity contribution is -0.119. The van der Waals surface area contributed by atoms with Crippen molar-refractivity contribution in [2.24, 2.45) is 5.92 Å². The number of hydrogen-bond acceptors (Lipinski definition) is 4. The third-order valence-corrected chi connectivity index (χ3v) is 2.14. The number of oxazole rings is 1. The first-order valence-corrected chi connectivity index (χ1v) is 5.71. The lowest BCUT2D eigenvalue weighted by Crippen LogP contribution is -2.31. The summed E-state index contributed by atoms with van der Waals surface area (Å²) in [6, 6.07) is -0.0197. The first kappa shape index (κ1) is 14.8. The Balaban J connectivity index is 2.47. The summed E-state index contributed by atoms with van der Waals surface area (Å²) in [6.45, 7) is 4.37. The van der Waals surface area contributed by atoms with Crippen LogP contribution in [-0.2, 0) is 6.54 Å². The van der Waals surface area contributed by atoms with Gasteiger partial charge in [0.1, 0.15) is 12.8 Å². The summed E-state index contributed by atoms with van der Waals surface area (Å²) in [7, 11) is 1.30. The van der Waals surface area contributed by atoms with Crippen molar-refractivity contribution in [2.45, 2.75) is 26.6 Å². The molecule has 18 heavy (non-hydrogen) atoms. The Morgan fingerprint density at radius 2 is 2.11 bits per heavy atom. The van der Waals surface area contributed by atoms with Gasteiger partial charge in [0.25, 0.3) is 6.01 Å². The summed E-state index contributed by atoms with van der Waals surface area (Å²) in [6.07, 6.45) is -2.89. The van der Waals surface area contributed by atoms with E-state index in [1.54, 1.807) is 0 Å². The molecule has 0 aliphatic carbocycles. The molecule has 0 unspecified atom stereocenters. The first-order chi connectivity index (χ1) is 8.28. The smallest absolute Gasteiger partial charge is 0.406 e. The van der Waals surface area contributed by atoms with E-state index in [0.29, 0.717) is 18.2 Å². The molecule has 0 bridgehead atoms. The zero-order valence-electron chi connectivity index (χ0n) is 10.7. The van der Waals surface area contributed by atoms with E-state index in [1.165, 1.54) is 13.3 Å². The highest BCUT2D eigenvalue weighted by atomic mass is 19.4. The second-order valence-electron chi connectivity index (χ2n) is 4.62. The maximum atomic E-state index is 12.2. The van der Waals surface area contributed by atoms with Gasteiger partial charge in [0.15, 0.2) is 0 Å². The monoisotopic (exact) mass is 265 g/mol. The maximum absolute atomic E-state index is 12.2. The van der Waals surface area contributed by atoms with E-state index in [0.717, 1.165) is 11.4 Å². The van der Waals surface area contributed by atoms with E-state index < -0.39 is 12.7 Å². The van der Waals surface area contributed by atoms with E-state index in [2.05, 4.69) is 24.1 Å². The highest BCUT2D eigenvalue weighted by molar-refractivity contribution is 5.25. The van der Waals surface area contributed by atoms with Crippen molar-refractivity contribution in [3.05, 3.63) is 12.0 Å². The Labute approximate surface area is 104 Å². The van der Waals surface area contributed by atoms with Crippen LogP contribution < -0.4 is 10.2 Å². The summed E-state index contributed by atoms with van der Waals surface area (Å²) >= 11 is 0. The Kier molecular flexibility index (Phi) is 5.01. The first-order valence-electron chi connectivity index (χ1n) is 5.71. The molecule has 0 aliphatic rings.